The molecule has 2 N–H and O–H groups in total. The maximum atomic E-state index is 6.64. The average molecular weight is 449 g/mol. The molecule has 0 unspecified atom stereocenters. The van der Waals surface area contributed by atoms with Crippen LogP contribution in [-0.4, -0.2) is 11.5 Å². The number of hydrogen-bond donors (Lipinski definition) is 2. The van der Waals surface area contributed by atoms with Crippen LogP contribution in [0.15, 0.2) is 66.7 Å². The highest BCUT2D eigenvalue weighted by Gasteiger charge is 2.33. The molecule has 1 aliphatic heterocycles. The lowest BCUT2D eigenvalue weighted by Crippen LogP contribution is -2.34. The average Bonchev–Trinajstić information content (AvgIpc) is 3.13. The zero-order valence-corrected chi connectivity index (χ0v) is 19.5. The smallest absolute Gasteiger partial charge is 0.0732 e. The Hall–Kier alpha value is -2.26. The van der Waals surface area contributed by atoms with Gasteiger partial charge in [-0.1, -0.05) is 92.5 Å². The van der Waals surface area contributed by atoms with Crippen LogP contribution in [-0.2, 0) is 5.41 Å². The minimum atomic E-state index is 0.110. The van der Waals surface area contributed by atoms with E-state index in [1.165, 1.54) is 27.8 Å². The molecule has 0 saturated heterocycles. The van der Waals surface area contributed by atoms with Crippen molar-refractivity contribution in [3.63, 3.8) is 0 Å². The molecule has 0 radical (unpaired) electrons. The molecule has 0 bridgehead atoms. The molecule has 5 rings (SSSR count). The first-order chi connectivity index (χ1) is 14.8. The third-order valence-corrected chi connectivity index (χ3v) is 6.95. The summed E-state index contributed by atoms with van der Waals surface area (Å²) >= 11 is 12.8. The van der Waals surface area contributed by atoms with Gasteiger partial charge in [-0.25, -0.2) is 0 Å². The van der Waals surface area contributed by atoms with E-state index >= 15 is 0 Å². The van der Waals surface area contributed by atoms with E-state index in [0.717, 1.165) is 17.6 Å². The van der Waals surface area contributed by atoms with Crippen molar-refractivity contribution in [2.45, 2.75) is 38.1 Å². The van der Waals surface area contributed by atoms with Crippen molar-refractivity contribution >= 4 is 34.1 Å². The van der Waals surface area contributed by atoms with Gasteiger partial charge in [0.1, 0.15) is 0 Å². The number of para-hydroxylation sites is 1. The summed E-state index contributed by atoms with van der Waals surface area (Å²) in [6.45, 7) is 7.55. The van der Waals surface area contributed by atoms with Crippen LogP contribution < -0.4 is 5.32 Å². The molecule has 0 aliphatic carbocycles. The minimum Gasteiger partial charge on any atom is -0.357 e. The van der Waals surface area contributed by atoms with Crippen LogP contribution in [0.2, 0.25) is 10.0 Å². The zero-order valence-electron chi connectivity index (χ0n) is 18.0. The number of fused-ring (bicyclic) bond motifs is 3. The molecule has 0 spiro atoms. The van der Waals surface area contributed by atoms with Crippen LogP contribution in [0.4, 0.5) is 0 Å². The lowest BCUT2D eigenvalue weighted by Gasteiger charge is -2.32. The highest BCUT2D eigenvalue weighted by Crippen LogP contribution is 2.43. The molecular formula is C27H26Cl2N2. The van der Waals surface area contributed by atoms with E-state index in [0.29, 0.717) is 10.0 Å². The standard InChI is InChI=1S/C27H26Cl2N2/c1-27(2,3)17-10-8-16(9-11-17)25-26-24(20-6-4-5-7-23(20)31-26)21(15-30-25)19-13-12-18(28)14-22(19)29/h4-14,21,25,30-31H,15H2,1-3H3/t21-,25-/m1/s1. The van der Waals surface area contributed by atoms with Gasteiger partial charge in [-0.3, -0.25) is 0 Å². The van der Waals surface area contributed by atoms with Gasteiger partial charge in [0, 0.05) is 39.1 Å². The van der Waals surface area contributed by atoms with E-state index in [4.69, 9.17) is 23.2 Å². The van der Waals surface area contributed by atoms with Crippen LogP contribution in [0.3, 0.4) is 0 Å². The van der Waals surface area contributed by atoms with Crippen molar-refractivity contribution in [2.75, 3.05) is 6.54 Å². The fraction of sp³-hybridized carbons (Fsp3) is 0.259. The molecule has 1 aliphatic rings. The first-order valence-corrected chi connectivity index (χ1v) is 11.5. The predicted molar refractivity (Wildman–Crippen MR) is 132 cm³/mol. The van der Waals surface area contributed by atoms with E-state index < -0.39 is 0 Å². The van der Waals surface area contributed by atoms with E-state index in [9.17, 15) is 0 Å². The highest BCUT2D eigenvalue weighted by molar-refractivity contribution is 6.35. The van der Waals surface area contributed by atoms with Gasteiger partial charge in [0.25, 0.3) is 0 Å². The van der Waals surface area contributed by atoms with Crippen molar-refractivity contribution in [2.24, 2.45) is 0 Å². The van der Waals surface area contributed by atoms with Crippen LogP contribution in [0.25, 0.3) is 10.9 Å². The fourth-order valence-electron chi connectivity index (χ4n) is 4.74. The van der Waals surface area contributed by atoms with Gasteiger partial charge in [0.2, 0.25) is 0 Å². The third-order valence-electron chi connectivity index (χ3n) is 6.39. The Labute approximate surface area is 193 Å². The molecule has 1 aromatic heterocycles. The number of aromatic amines is 1. The van der Waals surface area contributed by atoms with Gasteiger partial charge < -0.3 is 10.3 Å². The molecule has 158 valence electrons. The summed E-state index contributed by atoms with van der Waals surface area (Å²) in [6, 6.07) is 23.5. The Balaban J connectivity index is 1.64. The van der Waals surface area contributed by atoms with E-state index in [1.54, 1.807) is 0 Å². The summed E-state index contributed by atoms with van der Waals surface area (Å²) in [5.41, 5.74) is 7.54. The zero-order chi connectivity index (χ0) is 21.8. The fourth-order valence-corrected chi connectivity index (χ4v) is 5.28. The van der Waals surface area contributed by atoms with Gasteiger partial charge >= 0.3 is 0 Å². The lowest BCUT2D eigenvalue weighted by atomic mass is 9.82. The number of rotatable bonds is 2. The second-order valence-electron chi connectivity index (χ2n) is 9.43. The Morgan fingerprint density at radius 2 is 1.65 bits per heavy atom. The Kier molecular flexibility index (Phi) is 5.13. The second kappa shape index (κ2) is 7.70. The molecular weight excluding hydrogens is 423 g/mol. The second-order valence-corrected chi connectivity index (χ2v) is 10.3. The first-order valence-electron chi connectivity index (χ1n) is 10.7. The van der Waals surface area contributed by atoms with Crippen LogP contribution in [0, 0.1) is 0 Å². The maximum absolute atomic E-state index is 6.64. The molecule has 31 heavy (non-hydrogen) atoms. The Bertz CT molecular complexity index is 1250. The van der Waals surface area contributed by atoms with E-state index in [2.05, 4.69) is 85.7 Å². The number of H-pyrrole nitrogens is 1. The quantitative estimate of drug-likeness (QED) is 0.324. The summed E-state index contributed by atoms with van der Waals surface area (Å²) < 4.78 is 0. The molecule has 0 fully saturated rings. The third kappa shape index (κ3) is 3.67. The summed E-state index contributed by atoms with van der Waals surface area (Å²) in [6.07, 6.45) is 0. The molecule has 3 aromatic carbocycles. The van der Waals surface area contributed by atoms with Gasteiger partial charge in [0.05, 0.1) is 6.04 Å². The van der Waals surface area contributed by atoms with Gasteiger partial charge in [-0.15, -0.1) is 0 Å². The summed E-state index contributed by atoms with van der Waals surface area (Å²) in [4.78, 5) is 3.71. The molecule has 2 heterocycles. The summed E-state index contributed by atoms with van der Waals surface area (Å²) in [5, 5.41) is 6.41. The van der Waals surface area contributed by atoms with Gasteiger partial charge in [0.15, 0.2) is 0 Å². The molecule has 0 saturated carbocycles. The minimum absolute atomic E-state index is 0.110. The predicted octanol–water partition coefficient (Wildman–Crippen LogP) is 7.60. The van der Waals surface area contributed by atoms with E-state index in [-0.39, 0.29) is 17.4 Å². The largest absolute Gasteiger partial charge is 0.357 e. The van der Waals surface area contributed by atoms with Crippen LogP contribution in [0.5, 0.6) is 0 Å². The lowest BCUT2D eigenvalue weighted by molar-refractivity contribution is 0.524. The van der Waals surface area contributed by atoms with Crippen molar-refractivity contribution in [3.8, 4) is 0 Å². The van der Waals surface area contributed by atoms with Crippen LogP contribution >= 0.6 is 23.2 Å². The Morgan fingerprint density at radius 3 is 2.35 bits per heavy atom. The SMILES string of the molecule is CC(C)(C)c1ccc([C@H]2NC[C@H](c3ccc(Cl)cc3Cl)c3c2[nH]c2ccccc32)cc1. The monoisotopic (exact) mass is 448 g/mol. The molecule has 2 nitrogen and oxygen atoms in total. The molecule has 0 amide bonds. The topological polar surface area (TPSA) is 27.8 Å². The van der Waals surface area contributed by atoms with Crippen molar-refractivity contribution in [1.29, 1.82) is 0 Å². The molecule has 2 atom stereocenters. The van der Waals surface area contributed by atoms with Crippen molar-refractivity contribution in [3.05, 3.63) is 105 Å². The van der Waals surface area contributed by atoms with Gasteiger partial charge in [-0.05, 0) is 45.9 Å². The number of benzene rings is 3. The normalized spacial score (nSPS) is 18.9. The number of halogens is 2. The van der Waals surface area contributed by atoms with E-state index in [1.807, 2.05) is 12.1 Å². The van der Waals surface area contributed by atoms with Gasteiger partial charge in [-0.2, -0.15) is 0 Å². The molecule has 4 aromatic rings. The Morgan fingerprint density at radius 1 is 0.903 bits per heavy atom. The number of aromatic nitrogens is 1. The van der Waals surface area contributed by atoms with Crippen molar-refractivity contribution in [1.82, 2.24) is 10.3 Å². The summed E-state index contributed by atoms with van der Waals surface area (Å²) in [7, 11) is 0. The number of hydrogen-bond acceptors (Lipinski definition) is 1. The maximum Gasteiger partial charge on any atom is 0.0732 e. The number of nitrogens with one attached hydrogen (secondary N) is 2. The van der Waals surface area contributed by atoms with Crippen molar-refractivity contribution < 1.29 is 0 Å². The van der Waals surface area contributed by atoms with Crippen LogP contribution in [0.1, 0.15) is 60.7 Å². The molecule has 4 heteroatoms. The first kappa shape index (κ1) is 20.6. The highest BCUT2D eigenvalue weighted by atomic mass is 35.5. The summed E-state index contributed by atoms with van der Waals surface area (Å²) in [5.74, 6) is 0.154.